The number of rotatable bonds is 5. The fourth-order valence-corrected chi connectivity index (χ4v) is 3.72. The van der Waals surface area contributed by atoms with Gasteiger partial charge in [0.25, 0.3) is 0 Å². The van der Waals surface area contributed by atoms with Crippen molar-refractivity contribution in [3.8, 4) is 0 Å². The van der Waals surface area contributed by atoms with Crippen LogP contribution in [0, 0.1) is 6.92 Å². The Morgan fingerprint density at radius 1 is 1.15 bits per heavy atom. The molecule has 0 N–H and O–H groups in total. The highest BCUT2D eigenvalue weighted by Gasteiger charge is 2.29. The number of hydrogen-bond donors (Lipinski definition) is 0. The molecular weight excluding hydrogens is 350 g/mol. The Labute approximate surface area is 155 Å². The van der Waals surface area contributed by atoms with Crippen LogP contribution in [0.5, 0.6) is 0 Å². The summed E-state index contributed by atoms with van der Waals surface area (Å²) in [6.07, 6.45) is 3.53. The van der Waals surface area contributed by atoms with Crippen LogP contribution >= 0.6 is 11.3 Å². The number of benzene rings is 1. The number of aryl methyl sites for hydroxylation is 1. The molecule has 0 saturated heterocycles. The molecule has 1 aromatic carbocycles. The van der Waals surface area contributed by atoms with Gasteiger partial charge < -0.3 is 9.64 Å². The molecule has 2 aromatic rings. The molecule has 0 radical (unpaired) electrons. The van der Waals surface area contributed by atoms with E-state index in [9.17, 15) is 14.4 Å². The van der Waals surface area contributed by atoms with Crippen molar-refractivity contribution >= 4 is 35.1 Å². The van der Waals surface area contributed by atoms with Gasteiger partial charge in [-0.3, -0.25) is 14.4 Å². The van der Waals surface area contributed by atoms with Crippen molar-refractivity contribution in [2.75, 3.05) is 6.61 Å². The molecule has 5 nitrogen and oxygen atoms in total. The molecule has 0 aliphatic carbocycles. The van der Waals surface area contributed by atoms with Crippen molar-refractivity contribution in [2.45, 2.75) is 26.3 Å². The lowest BCUT2D eigenvalue weighted by atomic mass is 9.94. The summed E-state index contributed by atoms with van der Waals surface area (Å²) in [5, 5.41) is 0. The van der Waals surface area contributed by atoms with Crippen LogP contribution < -0.4 is 0 Å². The number of carbonyl (C=O) groups excluding carboxylic acids is 3. The lowest BCUT2D eigenvalue weighted by Gasteiger charge is -2.32. The molecule has 0 unspecified atom stereocenters. The number of thiophene rings is 1. The first-order valence-corrected chi connectivity index (χ1v) is 9.08. The molecule has 0 spiro atoms. The first kappa shape index (κ1) is 18.1. The van der Waals surface area contributed by atoms with E-state index >= 15 is 0 Å². The van der Waals surface area contributed by atoms with Gasteiger partial charge >= 0.3 is 5.97 Å². The normalized spacial score (nSPS) is 15.5. The first-order valence-electron chi connectivity index (χ1n) is 8.27. The largest absolute Gasteiger partial charge is 0.457 e. The Balaban J connectivity index is 1.67. The number of esters is 1. The maximum Gasteiger partial charge on any atom is 0.308 e. The summed E-state index contributed by atoms with van der Waals surface area (Å²) in [7, 11) is 0. The third kappa shape index (κ3) is 3.91. The van der Waals surface area contributed by atoms with Crippen LogP contribution in [0.15, 0.2) is 42.6 Å². The van der Waals surface area contributed by atoms with Gasteiger partial charge in [0.05, 0.1) is 17.3 Å². The molecule has 6 heteroatoms. The van der Waals surface area contributed by atoms with E-state index < -0.39 is 12.0 Å². The quantitative estimate of drug-likeness (QED) is 0.595. The van der Waals surface area contributed by atoms with Crippen LogP contribution in [0.25, 0.3) is 6.08 Å². The van der Waals surface area contributed by atoms with Gasteiger partial charge in [-0.1, -0.05) is 24.3 Å². The van der Waals surface area contributed by atoms with E-state index in [-0.39, 0.29) is 24.7 Å². The Morgan fingerprint density at radius 3 is 2.62 bits per heavy atom. The van der Waals surface area contributed by atoms with Crippen molar-refractivity contribution < 1.29 is 19.1 Å². The minimum Gasteiger partial charge on any atom is -0.457 e. The van der Waals surface area contributed by atoms with Gasteiger partial charge in [0.2, 0.25) is 11.7 Å². The van der Waals surface area contributed by atoms with Gasteiger partial charge in [0.1, 0.15) is 0 Å². The molecule has 1 aliphatic heterocycles. The summed E-state index contributed by atoms with van der Waals surface area (Å²) in [5.74, 6) is -0.879. The second-order valence-electron chi connectivity index (χ2n) is 6.09. The van der Waals surface area contributed by atoms with Crippen LogP contribution in [-0.4, -0.2) is 29.2 Å². The zero-order valence-corrected chi connectivity index (χ0v) is 15.4. The van der Waals surface area contributed by atoms with Crippen LogP contribution in [0.2, 0.25) is 0 Å². The number of nitrogens with zero attached hydrogens (tertiary/aromatic N) is 1. The lowest BCUT2D eigenvalue weighted by Crippen LogP contribution is -2.32. The maximum atomic E-state index is 12.3. The van der Waals surface area contributed by atoms with Gasteiger partial charge in [-0.25, -0.2) is 0 Å². The fraction of sp³-hybridized carbons (Fsp3) is 0.250. The van der Waals surface area contributed by atoms with Gasteiger partial charge in [-0.2, -0.15) is 0 Å². The van der Waals surface area contributed by atoms with Crippen LogP contribution in [0.3, 0.4) is 0 Å². The highest BCUT2D eigenvalue weighted by Crippen LogP contribution is 2.33. The number of ketones is 1. The molecule has 1 aliphatic rings. The molecule has 134 valence electrons. The van der Waals surface area contributed by atoms with E-state index in [1.807, 2.05) is 43.3 Å². The van der Waals surface area contributed by atoms with Gasteiger partial charge in [-0.05, 0) is 36.3 Å². The number of amides is 1. The number of hydrogen-bond acceptors (Lipinski definition) is 5. The van der Waals surface area contributed by atoms with E-state index in [4.69, 9.17) is 4.74 Å². The molecule has 0 saturated carbocycles. The van der Waals surface area contributed by atoms with Crippen LogP contribution in [0.1, 0.15) is 45.1 Å². The van der Waals surface area contributed by atoms with E-state index in [0.717, 1.165) is 16.0 Å². The van der Waals surface area contributed by atoms with Gasteiger partial charge in [0, 0.05) is 18.0 Å². The first-order chi connectivity index (χ1) is 12.5. The van der Waals surface area contributed by atoms with Gasteiger partial charge in [0.15, 0.2) is 6.61 Å². The molecule has 1 atom stereocenters. The summed E-state index contributed by atoms with van der Waals surface area (Å²) >= 11 is 1.38. The van der Waals surface area contributed by atoms with E-state index in [0.29, 0.717) is 4.88 Å². The zero-order chi connectivity index (χ0) is 18.7. The third-order valence-corrected chi connectivity index (χ3v) is 5.25. The molecule has 0 bridgehead atoms. The highest BCUT2D eigenvalue weighted by atomic mass is 32.1. The summed E-state index contributed by atoms with van der Waals surface area (Å²) < 4.78 is 5.17. The number of Topliss-reactive ketones (excluding diaryl/α,β-unsaturated/α-hetero) is 1. The minimum absolute atomic E-state index is 0.00230. The zero-order valence-electron chi connectivity index (χ0n) is 14.6. The predicted octanol–water partition coefficient (Wildman–Crippen LogP) is 3.75. The summed E-state index contributed by atoms with van der Waals surface area (Å²) in [5.41, 5.74) is 1.86. The maximum absolute atomic E-state index is 12.3. The Morgan fingerprint density at radius 2 is 1.92 bits per heavy atom. The number of ether oxygens (including phenoxy) is 1. The average Bonchev–Trinajstić information content (AvgIpc) is 3.06. The summed E-state index contributed by atoms with van der Waals surface area (Å²) in [4.78, 5) is 39.4. The molecule has 26 heavy (non-hydrogen) atoms. The smallest absolute Gasteiger partial charge is 0.308 e. The highest BCUT2D eigenvalue weighted by molar-refractivity contribution is 7.14. The van der Waals surface area contributed by atoms with Crippen LogP contribution in [0.4, 0.5) is 0 Å². The third-order valence-electron chi connectivity index (χ3n) is 4.21. The van der Waals surface area contributed by atoms with Crippen molar-refractivity contribution in [2.24, 2.45) is 0 Å². The molecular formula is C20H19NO4S. The molecule has 3 rings (SSSR count). The average molecular weight is 369 g/mol. The molecule has 2 heterocycles. The fourth-order valence-electron chi connectivity index (χ4n) is 2.93. The minimum atomic E-state index is -0.506. The standard InChI is InChI=1S/C20H19NO4S/c1-13-7-8-19(26-13)18(23)12-25-20(24)11-17-16-6-4-3-5-15(16)9-10-21(17)14(2)22/h3-10,17H,11-12H2,1-2H3/t17-/m0/s1. The van der Waals surface area contributed by atoms with Crippen molar-refractivity contribution in [1.82, 2.24) is 4.90 Å². The summed E-state index contributed by atoms with van der Waals surface area (Å²) in [6, 6.07) is 10.8. The number of carbonyl (C=O) groups is 3. The summed E-state index contributed by atoms with van der Waals surface area (Å²) in [6.45, 7) is 3.08. The molecule has 1 amide bonds. The monoisotopic (exact) mass is 369 g/mol. The SMILES string of the molecule is CC(=O)N1C=Cc2ccccc2[C@@H]1CC(=O)OCC(=O)c1ccc(C)s1. The lowest BCUT2D eigenvalue weighted by molar-refractivity contribution is -0.144. The topological polar surface area (TPSA) is 63.7 Å². The van der Waals surface area contributed by atoms with Crippen molar-refractivity contribution in [3.05, 3.63) is 63.5 Å². The van der Waals surface area contributed by atoms with E-state index in [1.54, 1.807) is 12.3 Å². The van der Waals surface area contributed by atoms with Crippen LogP contribution in [-0.2, 0) is 14.3 Å². The molecule has 0 fully saturated rings. The number of fused-ring (bicyclic) bond motifs is 1. The van der Waals surface area contributed by atoms with Crippen molar-refractivity contribution in [3.63, 3.8) is 0 Å². The van der Waals surface area contributed by atoms with Crippen molar-refractivity contribution in [1.29, 1.82) is 0 Å². The Bertz CT molecular complexity index is 883. The Hall–Kier alpha value is -2.73. The Kier molecular flexibility index (Phi) is 5.32. The van der Waals surface area contributed by atoms with Gasteiger partial charge in [-0.15, -0.1) is 11.3 Å². The van der Waals surface area contributed by atoms with E-state index in [1.165, 1.54) is 23.2 Å². The molecule has 1 aromatic heterocycles. The second-order valence-corrected chi connectivity index (χ2v) is 7.37. The second kappa shape index (κ2) is 7.66. The predicted molar refractivity (Wildman–Crippen MR) is 99.7 cm³/mol. The van der Waals surface area contributed by atoms with E-state index in [2.05, 4.69) is 0 Å².